The van der Waals surface area contributed by atoms with Crippen LogP contribution in [0.25, 0.3) is 32.9 Å². The largest absolute Gasteiger partial charge is 0.419 e. The Morgan fingerprint density at radius 3 is 2.26 bits per heavy atom. The number of halogens is 1. The zero-order valence-electron chi connectivity index (χ0n) is 15.5. The molecule has 2 nitrogen and oxygen atoms in total. The molecule has 136 valence electrons. The summed E-state index contributed by atoms with van der Waals surface area (Å²) in [4.78, 5) is 12.6. The summed E-state index contributed by atoms with van der Waals surface area (Å²) < 4.78 is 20.1. The number of benzene rings is 3. The Morgan fingerprint density at radius 2 is 1.56 bits per heavy atom. The highest BCUT2D eigenvalue weighted by atomic mass is 19.1. The van der Waals surface area contributed by atoms with Crippen molar-refractivity contribution in [1.82, 2.24) is 0 Å². The minimum absolute atomic E-state index is 0.0542. The molecule has 1 heterocycles. The van der Waals surface area contributed by atoms with Crippen LogP contribution in [-0.2, 0) is 12.8 Å². The van der Waals surface area contributed by atoms with Gasteiger partial charge in [0, 0.05) is 10.8 Å². The monoisotopic (exact) mass is 360 g/mol. The topological polar surface area (TPSA) is 30.2 Å². The quantitative estimate of drug-likeness (QED) is 0.317. The fourth-order valence-corrected chi connectivity index (χ4v) is 3.58. The molecule has 0 saturated heterocycles. The van der Waals surface area contributed by atoms with Crippen LogP contribution in [0, 0.1) is 5.82 Å². The van der Waals surface area contributed by atoms with E-state index >= 15 is 0 Å². The lowest BCUT2D eigenvalue weighted by atomic mass is 9.98. The van der Waals surface area contributed by atoms with Crippen LogP contribution in [-0.4, -0.2) is 0 Å². The van der Waals surface area contributed by atoms with E-state index in [1.807, 2.05) is 31.2 Å². The molecule has 0 spiro atoms. The fourth-order valence-electron chi connectivity index (χ4n) is 3.58. The Morgan fingerprint density at radius 1 is 0.852 bits per heavy atom. The first-order chi connectivity index (χ1) is 13.1. The van der Waals surface area contributed by atoms with Crippen molar-refractivity contribution in [2.75, 3.05) is 0 Å². The predicted octanol–water partition coefficient (Wildman–Crippen LogP) is 6.27. The van der Waals surface area contributed by atoms with Gasteiger partial charge in [-0.3, -0.25) is 0 Å². The highest BCUT2D eigenvalue weighted by molar-refractivity contribution is 6.05. The molecule has 0 atom stereocenters. The normalized spacial score (nSPS) is 11.4. The highest BCUT2D eigenvalue weighted by Gasteiger charge is 2.14. The molecule has 27 heavy (non-hydrogen) atoms. The van der Waals surface area contributed by atoms with Crippen molar-refractivity contribution in [2.45, 2.75) is 33.1 Å². The fraction of sp³-hybridized carbons (Fsp3) is 0.208. The summed E-state index contributed by atoms with van der Waals surface area (Å²) in [5, 5.41) is 1.83. The van der Waals surface area contributed by atoms with Crippen LogP contribution in [0.3, 0.4) is 0 Å². The molecule has 1 aromatic heterocycles. The molecule has 0 fully saturated rings. The molecule has 0 radical (unpaired) electrons. The van der Waals surface area contributed by atoms with Crippen LogP contribution in [0.1, 0.15) is 31.4 Å². The van der Waals surface area contributed by atoms with E-state index < -0.39 is 11.4 Å². The van der Waals surface area contributed by atoms with Crippen LogP contribution in [0.15, 0.2) is 63.8 Å². The summed E-state index contributed by atoms with van der Waals surface area (Å²) in [5.41, 5.74) is 3.39. The SMILES string of the molecule is CCCc1ccc2c(oc(=O)c3cc(-c4ccc(CC)cc4)ccc32)c1F. The summed E-state index contributed by atoms with van der Waals surface area (Å²) in [6.07, 6.45) is 2.44. The summed E-state index contributed by atoms with van der Waals surface area (Å²) in [6.45, 7) is 4.11. The van der Waals surface area contributed by atoms with E-state index in [1.165, 1.54) is 5.56 Å². The first kappa shape index (κ1) is 17.5. The van der Waals surface area contributed by atoms with Crippen molar-refractivity contribution in [3.8, 4) is 11.1 Å². The number of aryl methyl sites for hydroxylation is 2. The van der Waals surface area contributed by atoms with Crippen molar-refractivity contribution in [2.24, 2.45) is 0 Å². The minimum atomic E-state index is -0.503. The van der Waals surface area contributed by atoms with Crippen molar-refractivity contribution in [1.29, 1.82) is 0 Å². The molecular weight excluding hydrogens is 339 g/mol. The molecule has 0 bridgehead atoms. The van der Waals surface area contributed by atoms with Gasteiger partial charge < -0.3 is 4.42 Å². The first-order valence-corrected chi connectivity index (χ1v) is 9.39. The zero-order valence-corrected chi connectivity index (χ0v) is 15.5. The van der Waals surface area contributed by atoms with E-state index in [9.17, 15) is 9.18 Å². The number of hydrogen-bond acceptors (Lipinski definition) is 2. The van der Waals surface area contributed by atoms with E-state index in [2.05, 4.69) is 31.2 Å². The molecule has 0 N–H and O–H groups in total. The molecule has 0 aliphatic carbocycles. The predicted molar refractivity (Wildman–Crippen MR) is 109 cm³/mol. The second-order valence-corrected chi connectivity index (χ2v) is 6.87. The molecule has 0 unspecified atom stereocenters. The third-order valence-corrected chi connectivity index (χ3v) is 5.12. The Kier molecular flexibility index (Phi) is 4.53. The van der Waals surface area contributed by atoms with Gasteiger partial charge in [-0.25, -0.2) is 9.18 Å². The van der Waals surface area contributed by atoms with Crippen LogP contribution in [0.4, 0.5) is 4.39 Å². The molecular formula is C24H21FO2. The van der Waals surface area contributed by atoms with Gasteiger partial charge in [-0.05, 0) is 41.2 Å². The van der Waals surface area contributed by atoms with Crippen molar-refractivity contribution in [3.63, 3.8) is 0 Å². The molecule has 4 aromatic rings. The summed E-state index contributed by atoms with van der Waals surface area (Å²) in [7, 11) is 0. The van der Waals surface area contributed by atoms with E-state index in [0.717, 1.165) is 29.4 Å². The maximum atomic E-state index is 14.7. The van der Waals surface area contributed by atoms with Crippen LogP contribution >= 0.6 is 0 Å². The Hall–Kier alpha value is -2.94. The second kappa shape index (κ2) is 6.99. The highest BCUT2D eigenvalue weighted by Crippen LogP contribution is 2.30. The third-order valence-electron chi connectivity index (χ3n) is 5.12. The van der Waals surface area contributed by atoms with Gasteiger partial charge in [0.2, 0.25) is 0 Å². The standard InChI is InChI=1S/C24H21FO2/c1-3-5-17-10-13-20-19-12-11-18(16-8-6-15(4-2)7-9-16)14-21(19)24(26)27-23(20)22(17)25/h6-14H,3-5H2,1-2H3. The van der Waals surface area contributed by atoms with Gasteiger partial charge in [-0.15, -0.1) is 0 Å². The number of hydrogen-bond donors (Lipinski definition) is 0. The van der Waals surface area contributed by atoms with Gasteiger partial charge in [-0.2, -0.15) is 0 Å². The van der Waals surface area contributed by atoms with E-state index in [-0.39, 0.29) is 5.58 Å². The molecule has 0 amide bonds. The molecule has 3 aromatic carbocycles. The van der Waals surface area contributed by atoms with Gasteiger partial charge >= 0.3 is 5.63 Å². The zero-order chi connectivity index (χ0) is 19.0. The molecule has 0 saturated carbocycles. The Labute approximate surface area is 157 Å². The third kappa shape index (κ3) is 3.03. The van der Waals surface area contributed by atoms with E-state index in [4.69, 9.17) is 4.42 Å². The van der Waals surface area contributed by atoms with Gasteiger partial charge in [0.25, 0.3) is 0 Å². The van der Waals surface area contributed by atoms with Gasteiger partial charge in [0.15, 0.2) is 11.4 Å². The van der Waals surface area contributed by atoms with Crippen LogP contribution < -0.4 is 5.63 Å². The minimum Gasteiger partial charge on any atom is -0.419 e. The number of fused-ring (bicyclic) bond motifs is 3. The summed E-state index contributed by atoms with van der Waals surface area (Å²) >= 11 is 0. The number of rotatable bonds is 4. The van der Waals surface area contributed by atoms with Crippen LogP contribution in [0.5, 0.6) is 0 Å². The van der Waals surface area contributed by atoms with Crippen molar-refractivity contribution in [3.05, 3.63) is 82.0 Å². The first-order valence-electron chi connectivity index (χ1n) is 9.39. The lowest BCUT2D eigenvalue weighted by Gasteiger charge is -2.09. The molecule has 0 aliphatic heterocycles. The van der Waals surface area contributed by atoms with Crippen molar-refractivity contribution >= 4 is 21.7 Å². The lowest BCUT2D eigenvalue weighted by molar-refractivity contribution is 0.524. The Balaban J connectivity index is 1.91. The average Bonchev–Trinajstić information content (AvgIpc) is 2.71. The Bertz CT molecular complexity index is 1190. The van der Waals surface area contributed by atoms with Crippen LogP contribution in [0.2, 0.25) is 0 Å². The average molecular weight is 360 g/mol. The maximum absolute atomic E-state index is 14.7. The summed E-state index contributed by atoms with van der Waals surface area (Å²) in [5.74, 6) is -0.424. The van der Waals surface area contributed by atoms with Gasteiger partial charge in [0.1, 0.15) is 0 Å². The van der Waals surface area contributed by atoms with E-state index in [1.54, 1.807) is 6.07 Å². The van der Waals surface area contributed by atoms with Gasteiger partial charge in [0.05, 0.1) is 5.39 Å². The van der Waals surface area contributed by atoms with Crippen molar-refractivity contribution < 1.29 is 8.81 Å². The lowest BCUT2D eigenvalue weighted by Crippen LogP contribution is -2.02. The second-order valence-electron chi connectivity index (χ2n) is 6.87. The smallest absolute Gasteiger partial charge is 0.344 e. The molecule has 0 aliphatic rings. The van der Waals surface area contributed by atoms with E-state index in [0.29, 0.717) is 22.8 Å². The summed E-state index contributed by atoms with van der Waals surface area (Å²) in [6, 6.07) is 17.6. The molecule has 4 rings (SSSR count). The maximum Gasteiger partial charge on any atom is 0.344 e. The molecule has 3 heteroatoms. The van der Waals surface area contributed by atoms with Gasteiger partial charge in [-0.1, -0.05) is 68.8 Å².